The predicted octanol–water partition coefficient (Wildman–Crippen LogP) is 1.44. The standard InChI is InChI=1S/C10H18N2OS/c1-8(2-4-13)6-12-7-10-9(11)3-5-14-10/h3,5,8,12-13H,2,4,6-7,11H2,1H3. The fourth-order valence-electron chi connectivity index (χ4n) is 1.25. The van der Waals surface area contributed by atoms with Crippen LogP contribution in [-0.2, 0) is 6.54 Å². The summed E-state index contributed by atoms with van der Waals surface area (Å²) in [4.78, 5) is 1.20. The summed E-state index contributed by atoms with van der Waals surface area (Å²) in [6.07, 6.45) is 0.854. The van der Waals surface area contributed by atoms with Gasteiger partial charge in [0.05, 0.1) is 0 Å². The molecule has 80 valence electrons. The zero-order chi connectivity index (χ0) is 10.4. The Bertz CT molecular complexity index is 262. The summed E-state index contributed by atoms with van der Waals surface area (Å²) in [5.74, 6) is 0.515. The van der Waals surface area contributed by atoms with E-state index >= 15 is 0 Å². The van der Waals surface area contributed by atoms with Crippen molar-refractivity contribution in [1.29, 1.82) is 0 Å². The van der Waals surface area contributed by atoms with Crippen molar-refractivity contribution in [2.45, 2.75) is 19.9 Å². The first-order valence-corrected chi connectivity index (χ1v) is 5.75. The average molecular weight is 214 g/mol. The van der Waals surface area contributed by atoms with Gasteiger partial charge in [-0.15, -0.1) is 11.3 Å². The number of anilines is 1. The van der Waals surface area contributed by atoms with Gasteiger partial charge in [0.15, 0.2) is 0 Å². The zero-order valence-corrected chi connectivity index (χ0v) is 9.31. The Morgan fingerprint density at radius 1 is 1.64 bits per heavy atom. The van der Waals surface area contributed by atoms with E-state index in [1.165, 1.54) is 4.88 Å². The Morgan fingerprint density at radius 2 is 2.43 bits per heavy atom. The van der Waals surface area contributed by atoms with Crippen molar-refractivity contribution in [3.8, 4) is 0 Å². The van der Waals surface area contributed by atoms with Crippen LogP contribution in [0.15, 0.2) is 11.4 Å². The topological polar surface area (TPSA) is 58.3 Å². The first kappa shape index (κ1) is 11.5. The van der Waals surface area contributed by atoms with Gasteiger partial charge in [-0.2, -0.15) is 0 Å². The maximum atomic E-state index is 8.72. The molecule has 0 aliphatic rings. The van der Waals surface area contributed by atoms with Gasteiger partial charge in [0, 0.05) is 23.7 Å². The molecule has 0 aliphatic heterocycles. The van der Waals surface area contributed by atoms with E-state index in [-0.39, 0.29) is 6.61 Å². The lowest BCUT2D eigenvalue weighted by Crippen LogP contribution is -2.21. The monoisotopic (exact) mass is 214 g/mol. The first-order chi connectivity index (χ1) is 6.74. The SMILES string of the molecule is CC(CCO)CNCc1sccc1N. The summed E-state index contributed by atoms with van der Waals surface area (Å²) in [5, 5.41) is 14.1. The molecule has 3 nitrogen and oxygen atoms in total. The first-order valence-electron chi connectivity index (χ1n) is 4.87. The number of thiophene rings is 1. The third-order valence-electron chi connectivity index (χ3n) is 2.18. The molecule has 4 heteroatoms. The second kappa shape index (κ2) is 6.01. The second-order valence-corrected chi connectivity index (χ2v) is 4.55. The van der Waals surface area contributed by atoms with Gasteiger partial charge < -0.3 is 16.2 Å². The van der Waals surface area contributed by atoms with Crippen molar-refractivity contribution in [3.05, 3.63) is 16.3 Å². The summed E-state index contributed by atoms with van der Waals surface area (Å²) in [5.41, 5.74) is 6.62. The van der Waals surface area contributed by atoms with Crippen molar-refractivity contribution in [2.24, 2.45) is 5.92 Å². The second-order valence-electron chi connectivity index (χ2n) is 3.55. The van der Waals surface area contributed by atoms with E-state index in [0.717, 1.165) is 25.2 Å². The van der Waals surface area contributed by atoms with E-state index in [2.05, 4.69) is 12.2 Å². The Morgan fingerprint density at radius 3 is 3.00 bits per heavy atom. The minimum absolute atomic E-state index is 0.268. The highest BCUT2D eigenvalue weighted by atomic mass is 32.1. The number of aliphatic hydroxyl groups is 1. The molecule has 0 bridgehead atoms. The fourth-order valence-corrected chi connectivity index (χ4v) is 2.02. The van der Waals surface area contributed by atoms with Crippen LogP contribution in [0, 0.1) is 5.92 Å². The highest BCUT2D eigenvalue weighted by molar-refractivity contribution is 7.10. The van der Waals surface area contributed by atoms with Crippen molar-refractivity contribution in [3.63, 3.8) is 0 Å². The molecular weight excluding hydrogens is 196 g/mol. The third-order valence-corrected chi connectivity index (χ3v) is 3.12. The van der Waals surface area contributed by atoms with Gasteiger partial charge in [-0.1, -0.05) is 6.92 Å². The van der Waals surface area contributed by atoms with E-state index in [0.29, 0.717) is 5.92 Å². The summed E-state index contributed by atoms with van der Waals surface area (Å²) in [6.45, 7) is 4.15. The Labute approximate surface area is 88.9 Å². The molecule has 1 unspecified atom stereocenters. The van der Waals surface area contributed by atoms with E-state index in [9.17, 15) is 0 Å². The molecule has 0 aliphatic carbocycles. The van der Waals surface area contributed by atoms with Crippen molar-refractivity contribution >= 4 is 17.0 Å². The maximum Gasteiger partial charge on any atom is 0.0468 e. The zero-order valence-electron chi connectivity index (χ0n) is 8.49. The van der Waals surface area contributed by atoms with Crippen LogP contribution in [-0.4, -0.2) is 18.3 Å². The van der Waals surface area contributed by atoms with E-state index < -0.39 is 0 Å². The lowest BCUT2D eigenvalue weighted by atomic mass is 10.1. The van der Waals surface area contributed by atoms with Gasteiger partial charge in [0.25, 0.3) is 0 Å². The number of nitrogen functional groups attached to an aromatic ring is 1. The minimum atomic E-state index is 0.268. The number of rotatable bonds is 6. The van der Waals surface area contributed by atoms with E-state index in [4.69, 9.17) is 10.8 Å². The molecule has 14 heavy (non-hydrogen) atoms. The molecule has 0 saturated carbocycles. The van der Waals surface area contributed by atoms with Gasteiger partial charge in [-0.3, -0.25) is 0 Å². The maximum absolute atomic E-state index is 8.72. The molecule has 1 heterocycles. The highest BCUT2D eigenvalue weighted by Gasteiger charge is 2.02. The summed E-state index contributed by atoms with van der Waals surface area (Å²) in [6, 6.07) is 1.93. The fraction of sp³-hybridized carbons (Fsp3) is 0.600. The molecular formula is C10H18N2OS. The molecule has 0 saturated heterocycles. The molecule has 1 rings (SSSR count). The van der Waals surface area contributed by atoms with Crippen LogP contribution < -0.4 is 11.1 Å². The molecule has 1 aromatic heterocycles. The van der Waals surface area contributed by atoms with Crippen molar-refractivity contribution < 1.29 is 5.11 Å². The molecule has 1 atom stereocenters. The number of nitrogens with one attached hydrogen (secondary N) is 1. The minimum Gasteiger partial charge on any atom is -0.398 e. The van der Waals surface area contributed by atoms with Crippen LogP contribution in [0.25, 0.3) is 0 Å². The van der Waals surface area contributed by atoms with Crippen LogP contribution in [0.2, 0.25) is 0 Å². The van der Waals surface area contributed by atoms with Gasteiger partial charge in [-0.05, 0) is 30.3 Å². The molecule has 0 spiro atoms. The lowest BCUT2D eigenvalue weighted by Gasteiger charge is -2.10. The largest absolute Gasteiger partial charge is 0.398 e. The molecule has 4 N–H and O–H groups in total. The van der Waals surface area contributed by atoms with Gasteiger partial charge in [0.1, 0.15) is 0 Å². The predicted molar refractivity (Wildman–Crippen MR) is 61.3 cm³/mol. The van der Waals surface area contributed by atoms with Crippen molar-refractivity contribution in [1.82, 2.24) is 5.32 Å². The van der Waals surface area contributed by atoms with E-state index in [1.807, 2.05) is 11.4 Å². The molecule has 1 aromatic rings. The smallest absolute Gasteiger partial charge is 0.0468 e. The quantitative estimate of drug-likeness (QED) is 0.671. The number of hydrogen-bond acceptors (Lipinski definition) is 4. The molecule has 0 radical (unpaired) electrons. The molecule has 0 aromatic carbocycles. The highest BCUT2D eigenvalue weighted by Crippen LogP contribution is 2.18. The van der Waals surface area contributed by atoms with Gasteiger partial charge in [-0.25, -0.2) is 0 Å². The van der Waals surface area contributed by atoms with E-state index in [1.54, 1.807) is 11.3 Å². The normalized spacial score (nSPS) is 13.0. The van der Waals surface area contributed by atoms with Crippen LogP contribution in [0.5, 0.6) is 0 Å². The third kappa shape index (κ3) is 3.65. The Balaban J connectivity index is 2.19. The summed E-state index contributed by atoms with van der Waals surface area (Å²) >= 11 is 1.68. The van der Waals surface area contributed by atoms with Gasteiger partial charge >= 0.3 is 0 Å². The lowest BCUT2D eigenvalue weighted by molar-refractivity contribution is 0.260. The Kier molecular flexibility index (Phi) is 4.93. The number of aliphatic hydroxyl groups excluding tert-OH is 1. The summed E-state index contributed by atoms with van der Waals surface area (Å²) in [7, 11) is 0. The van der Waals surface area contributed by atoms with Crippen LogP contribution in [0.1, 0.15) is 18.2 Å². The molecule has 0 fully saturated rings. The van der Waals surface area contributed by atoms with Crippen LogP contribution in [0.4, 0.5) is 5.69 Å². The van der Waals surface area contributed by atoms with Crippen LogP contribution >= 0.6 is 11.3 Å². The Hall–Kier alpha value is -0.580. The van der Waals surface area contributed by atoms with Gasteiger partial charge in [0.2, 0.25) is 0 Å². The number of hydrogen-bond donors (Lipinski definition) is 3. The summed E-state index contributed by atoms with van der Waals surface area (Å²) < 4.78 is 0. The average Bonchev–Trinajstić information content (AvgIpc) is 2.52. The number of nitrogens with two attached hydrogens (primary N) is 1. The van der Waals surface area contributed by atoms with Crippen molar-refractivity contribution in [2.75, 3.05) is 18.9 Å². The van der Waals surface area contributed by atoms with Crippen LogP contribution in [0.3, 0.4) is 0 Å². The molecule has 0 amide bonds.